The van der Waals surface area contributed by atoms with Crippen molar-refractivity contribution in [2.24, 2.45) is 0 Å². The lowest BCUT2D eigenvalue weighted by Gasteiger charge is -2.08. The van der Waals surface area contributed by atoms with Crippen LogP contribution in [0.3, 0.4) is 0 Å². The van der Waals surface area contributed by atoms with E-state index in [-0.39, 0.29) is 5.91 Å². The normalized spacial score (nSPS) is 10.8. The average molecular weight is 406 g/mol. The molecule has 6 heteroatoms. The molecule has 0 aliphatic carbocycles. The van der Waals surface area contributed by atoms with Gasteiger partial charge in [0.05, 0.1) is 5.69 Å². The summed E-state index contributed by atoms with van der Waals surface area (Å²) >= 11 is 5.99. The first kappa shape index (κ1) is 19.0. The molecule has 0 radical (unpaired) electrons. The Morgan fingerprint density at radius 2 is 1.97 bits per heavy atom. The van der Waals surface area contributed by atoms with Crippen LogP contribution in [0.2, 0.25) is 5.02 Å². The van der Waals surface area contributed by atoms with Gasteiger partial charge in [0, 0.05) is 29.5 Å². The van der Waals surface area contributed by atoms with Crippen molar-refractivity contribution in [1.29, 1.82) is 0 Å². The van der Waals surface area contributed by atoms with Crippen LogP contribution in [0, 0.1) is 0 Å². The molecule has 1 amide bonds. The fourth-order valence-electron chi connectivity index (χ4n) is 3.06. The lowest BCUT2D eigenvalue weighted by Crippen LogP contribution is -2.25. The monoisotopic (exact) mass is 405 g/mol. The number of ether oxygens (including phenoxy) is 1. The maximum Gasteiger partial charge on any atom is 0.251 e. The highest BCUT2D eigenvalue weighted by atomic mass is 35.5. The Kier molecular flexibility index (Phi) is 5.77. The van der Waals surface area contributed by atoms with Gasteiger partial charge < -0.3 is 14.5 Å². The molecule has 1 N–H and O–H groups in total. The zero-order valence-corrected chi connectivity index (χ0v) is 16.5. The fourth-order valence-corrected chi connectivity index (χ4v) is 3.27. The van der Waals surface area contributed by atoms with Crippen molar-refractivity contribution < 1.29 is 9.53 Å². The lowest BCUT2D eigenvalue weighted by atomic mass is 10.1. The fraction of sp³-hybridized carbons (Fsp3) is 0.130. The number of hydrogen-bond donors (Lipinski definition) is 1. The number of imidazole rings is 1. The van der Waals surface area contributed by atoms with Gasteiger partial charge >= 0.3 is 0 Å². The smallest absolute Gasteiger partial charge is 0.251 e. The summed E-state index contributed by atoms with van der Waals surface area (Å²) < 4.78 is 7.78. The molecule has 0 atom stereocenters. The summed E-state index contributed by atoms with van der Waals surface area (Å²) in [5.41, 5.74) is 3.34. The molecule has 0 aliphatic rings. The number of amides is 1. The number of carbonyl (C=O) groups is 1. The molecule has 0 aliphatic heterocycles. The molecular formula is C23H20ClN3O2. The minimum Gasteiger partial charge on any atom is -0.487 e. The standard InChI is InChI=1S/C23H20ClN3O2/c24-19-7-3-5-17(13-19)10-11-25-23(28)18-6-4-8-21(14-18)29-16-20-15-27-12-2-1-9-22(27)26-20/h1-9,12-15H,10-11,16H2,(H,25,28). The molecule has 4 aromatic rings. The van der Waals surface area contributed by atoms with Crippen LogP contribution in [0.15, 0.2) is 79.1 Å². The van der Waals surface area contributed by atoms with Crippen molar-refractivity contribution in [2.45, 2.75) is 13.0 Å². The molecule has 0 bridgehead atoms. The summed E-state index contributed by atoms with van der Waals surface area (Å²) in [6.45, 7) is 0.868. The molecule has 5 nitrogen and oxygen atoms in total. The van der Waals surface area contributed by atoms with Crippen LogP contribution in [-0.2, 0) is 13.0 Å². The second kappa shape index (κ2) is 8.80. The number of nitrogens with zero attached hydrogens (tertiary/aromatic N) is 2. The van der Waals surface area contributed by atoms with Crippen LogP contribution in [0.1, 0.15) is 21.6 Å². The Balaban J connectivity index is 1.33. The molecule has 146 valence electrons. The summed E-state index contributed by atoms with van der Waals surface area (Å²) in [6.07, 6.45) is 4.60. The van der Waals surface area contributed by atoms with Gasteiger partial charge in [0.25, 0.3) is 5.91 Å². The number of fused-ring (bicyclic) bond motifs is 1. The Hall–Kier alpha value is -3.31. The van der Waals surface area contributed by atoms with E-state index in [1.807, 2.05) is 71.4 Å². The zero-order chi connectivity index (χ0) is 20.1. The van der Waals surface area contributed by atoms with Crippen LogP contribution in [0.4, 0.5) is 0 Å². The summed E-state index contributed by atoms with van der Waals surface area (Å²) in [5.74, 6) is 0.495. The molecule has 0 saturated heterocycles. The number of pyridine rings is 1. The van der Waals surface area contributed by atoms with E-state index < -0.39 is 0 Å². The molecule has 0 fully saturated rings. The van der Waals surface area contributed by atoms with E-state index >= 15 is 0 Å². The van der Waals surface area contributed by atoms with Crippen molar-refractivity contribution in [1.82, 2.24) is 14.7 Å². The third kappa shape index (κ3) is 4.95. The van der Waals surface area contributed by atoms with Gasteiger partial charge in [-0.25, -0.2) is 4.98 Å². The maximum absolute atomic E-state index is 12.4. The van der Waals surface area contributed by atoms with Crippen molar-refractivity contribution >= 4 is 23.2 Å². The van der Waals surface area contributed by atoms with Crippen LogP contribution >= 0.6 is 11.6 Å². The van der Waals surface area contributed by atoms with Crippen molar-refractivity contribution in [3.63, 3.8) is 0 Å². The molecule has 2 aromatic carbocycles. The number of aromatic nitrogens is 2. The summed E-state index contributed by atoms with van der Waals surface area (Å²) in [7, 11) is 0. The number of benzene rings is 2. The molecule has 0 spiro atoms. The second-order valence-corrected chi connectivity index (χ2v) is 7.09. The van der Waals surface area contributed by atoms with E-state index in [0.717, 1.165) is 23.3 Å². The quantitative estimate of drug-likeness (QED) is 0.491. The Bertz CT molecular complexity index is 1110. The highest BCUT2D eigenvalue weighted by Gasteiger charge is 2.08. The van der Waals surface area contributed by atoms with Gasteiger partial charge in [-0.15, -0.1) is 0 Å². The Labute approximate surface area is 173 Å². The van der Waals surface area contributed by atoms with E-state index in [1.54, 1.807) is 12.1 Å². The van der Waals surface area contributed by atoms with Gasteiger partial charge in [0.2, 0.25) is 0 Å². The van der Waals surface area contributed by atoms with E-state index in [1.165, 1.54) is 0 Å². The third-order valence-corrected chi connectivity index (χ3v) is 4.72. The van der Waals surface area contributed by atoms with Gasteiger partial charge in [-0.2, -0.15) is 0 Å². The highest BCUT2D eigenvalue weighted by molar-refractivity contribution is 6.30. The second-order valence-electron chi connectivity index (χ2n) is 6.65. The topological polar surface area (TPSA) is 55.6 Å². The number of rotatable bonds is 7. The first-order valence-corrected chi connectivity index (χ1v) is 9.73. The molecule has 0 unspecified atom stereocenters. The molecule has 0 saturated carbocycles. The summed E-state index contributed by atoms with van der Waals surface area (Å²) in [4.78, 5) is 16.9. The van der Waals surface area contributed by atoms with E-state index in [9.17, 15) is 4.79 Å². The van der Waals surface area contributed by atoms with Crippen LogP contribution in [0.25, 0.3) is 5.65 Å². The predicted octanol–water partition coefficient (Wildman–Crippen LogP) is 4.54. The minimum atomic E-state index is -0.134. The zero-order valence-electron chi connectivity index (χ0n) is 15.7. The maximum atomic E-state index is 12.4. The van der Waals surface area contributed by atoms with Crippen molar-refractivity contribution in [2.75, 3.05) is 6.54 Å². The van der Waals surface area contributed by atoms with Crippen LogP contribution in [-0.4, -0.2) is 21.8 Å². The molecule has 4 rings (SSSR count). The number of carbonyl (C=O) groups excluding carboxylic acids is 1. The van der Waals surface area contributed by atoms with Gasteiger partial charge in [-0.1, -0.05) is 35.9 Å². The van der Waals surface area contributed by atoms with Crippen LogP contribution < -0.4 is 10.1 Å². The summed E-state index contributed by atoms with van der Waals surface area (Å²) in [6, 6.07) is 20.6. The molecular weight excluding hydrogens is 386 g/mol. The molecule has 29 heavy (non-hydrogen) atoms. The Morgan fingerprint density at radius 1 is 1.07 bits per heavy atom. The molecule has 2 heterocycles. The van der Waals surface area contributed by atoms with Gasteiger partial charge in [-0.05, 0) is 54.4 Å². The number of hydrogen-bond acceptors (Lipinski definition) is 3. The molecule has 2 aromatic heterocycles. The van der Waals surface area contributed by atoms with Crippen molar-refractivity contribution in [3.05, 3.63) is 101 Å². The van der Waals surface area contributed by atoms with Crippen molar-refractivity contribution in [3.8, 4) is 5.75 Å². The first-order chi connectivity index (χ1) is 14.2. The van der Waals surface area contributed by atoms with Gasteiger partial charge in [-0.3, -0.25) is 4.79 Å². The highest BCUT2D eigenvalue weighted by Crippen LogP contribution is 2.16. The Morgan fingerprint density at radius 3 is 2.83 bits per heavy atom. The minimum absolute atomic E-state index is 0.134. The van der Waals surface area contributed by atoms with Gasteiger partial charge in [0.15, 0.2) is 0 Å². The third-order valence-electron chi connectivity index (χ3n) is 4.49. The SMILES string of the molecule is O=C(NCCc1cccc(Cl)c1)c1cccc(OCc2cn3ccccc3n2)c1. The van der Waals surface area contributed by atoms with Crippen LogP contribution in [0.5, 0.6) is 5.75 Å². The van der Waals surface area contributed by atoms with E-state index in [0.29, 0.717) is 29.5 Å². The average Bonchev–Trinajstić information content (AvgIpc) is 3.15. The number of nitrogens with one attached hydrogen (secondary N) is 1. The predicted molar refractivity (Wildman–Crippen MR) is 113 cm³/mol. The van der Waals surface area contributed by atoms with E-state index in [4.69, 9.17) is 16.3 Å². The summed E-state index contributed by atoms with van der Waals surface area (Å²) in [5, 5.41) is 3.63. The van der Waals surface area contributed by atoms with E-state index in [2.05, 4.69) is 10.3 Å². The lowest BCUT2D eigenvalue weighted by molar-refractivity contribution is 0.0953. The first-order valence-electron chi connectivity index (χ1n) is 9.35. The largest absolute Gasteiger partial charge is 0.487 e. The van der Waals surface area contributed by atoms with Gasteiger partial charge in [0.1, 0.15) is 18.0 Å². The number of halogens is 1.